The van der Waals surface area contributed by atoms with E-state index >= 15 is 0 Å². The Balaban J connectivity index is 2.10. The van der Waals surface area contributed by atoms with Crippen LogP contribution < -0.4 is 14.8 Å². The van der Waals surface area contributed by atoms with Gasteiger partial charge in [-0.15, -0.1) is 0 Å². The molecule has 0 amide bonds. The first-order valence-electron chi connectivity index (χ1n) is 6.59. The normalized spacial score (nSPS) is 11.3. The number of rotatable bonds is 6. The molecule has 0 saturated carbocycles. The molecule has 7 nitrogen and oxygen atoms in total. The fourth-order valence-electron chi connectivity index (χ4n) is 1.66. The number of nitrogens with zero attached hydrogens (tertiary/aromatic N) is 2. The molecule has 2 aromatic rings. The van der Waals surface area contributed by atoms with Gasteiger partial charge in [0.05, 0.1) is 24.0 Å². The summed E-state index contributed by atoms with van der Waals surface area (Å²) in [6.07, 6.45) is 1.52. The van der Waals surface area contributed by atoms with Gasteiger partial charge in [0.1, 0.15) is 11.6 Å². The summed E-state index contributed by atoms with van der Waals surface area (Å²) in [5.41, 5.74) is 1.46. The van der Waals surface area contributed by atoms with E-state index in [2.05, 4.69) is 15.0 Å². The summed E-state index contributed by atoms with van der Waals surface area (Å²) < 4.78 is 31.9. The van der Waals surface area contributed by atoms with Crippen molar-refractivity contribution in [2.24, 2.45) is 0 Å². The third-order valence-corrected chi connectivity index (χ3v) is 4.64. The van der Waals surface area contributed by atoms with Crippen LogP contribution in [0.1, 0.15) is 0 Å². The molecule has 0 aliphatic rings. The molecule has 9 heteroatoms. The van der Waals surface area contributed by atoms with E-state index in [0.717, 1.165) is 9.99 Å². The molecular formula is C14H17ClN4O3S. The molecule has 0 bridgehead atoms. The van der Waals surface area contributed by atoms with Gasteiger partial charge >= 0.3 is 10.2 Å². The molecular weight excluding hydrogens is 340 g/mol. The van der Waals surface area contributed by atoms with Gasteiger partial charge in [-0.2, -0.15) is 12.7 Å². The smallest absolute Gasteiger partial charge is 0.302 e. The van der Waals surface area contributed by atoms with Crippen molar-refractivity contribution in [1.82, 2.24) is 9.29 Å². The fourth-order valence-corrected chi connectivity index (χ4v) is 2.49. The zero-order valence-electron chi connectivity index (χ0n) is 12.9. The fraction of sp³-hybridized carbons (Fsp3) is 0.214. The highest BCUT2D eigenvalue weighted by atomic mass is 35.5. The molecule has 0 saturated heterocycles. The summed E-state index contributed by atoms with van der Waals surface area (Å²) in [6, 6.07) is 8.56. The van der Waals surface area contributed by atoms with Crippen LogP contribution in [0.25, 0.3) is 0 Å². The van der Waals surface area contributed by atoms with Crippen molar-refractivity contribution >= 4 is 39.0 Å². The highest BCUT2D eigenvalue weighted by Crippen LogP contribution is 2.28. The minimum Gasteiger partial charge on any atom is -0.495 e. The van der Waals surface area contributed by atoms with Crippen LogP contribution in [-0.2, 0) is 10.2 Å². The molecule has 1 aromatic carbocycles. The number of hydrogen-bond acceptors (Lipinski definition) is 5. The van der Waals surface area contributed by atoms with E-state index in [1.54, 1.807) is 31.4 Å². The van der Waals surface area contributed by atoms with Crippen molar-refractivity contribution in [3.63, 3.8) is 0 Å². The molecule has 0 radical (unpaired) electrons. The topological polar surface area (TPSA) is 83.6 Å². The van der Waals surface area contributed by atoms with Crippen LogP contribution in [0.4, 0.5) is 17.2 Å². The Labute approximate surface area is 140 Å². The second-order valence-corrected chi connectivity index (χ2v) is 7.09. The van der Waals surface area contributed by atoms with Gasteiger partial charge in [0.15, 0.2) is 0 Å². The van der Waals surface area contributed by atoms with Gasteiger partial charge in [0.2, 0.25) is 0 Å². The molecule has 0 aliphatic carbocycles. The Morgan fingerprint density at radius 3 is 2.39 bits per heavy atom. The Bertz CT molecular complexity index is 779. The standard InChI is InChI=1S/C14H17ClN4O3S/c1-19(2)23(20,21)18-14-7-5-11(9-16-14)17-10-4-6-13(22-3)12(15)8-10/h4-9,17H,1-3H3,(H,16,18). The van der Waals surface area contributed by atoms with E-state index in [4.69, 9.17) is 16.3 Å². The molecule has 0 spiro atoms. The Morgan fingerprint density at radius 1 is 1.17 bits per heavy atom. The van der Waals surface area contributed by atoms with Crippen LogP contribution in [0.15, 0.2) is 36.5 Å². The average Bonchev–Trinajstić information content (AvgIpc) is 2.49. The summed E-state index contributed by atoms with van der Waals surface area (Å²) in [6.45, 7) is 0. The number of hydrogen-bond donors (Lipinski definition) is 2. The van der Waals surface area contributed by atoms with Gasteiger partial charge in [-0.3, -0.25) is 4.72 Å². The van der Waals surface area contributed by atoms with Crippen molar-refractivity contribution in [2.45, 2.75) is 0 Å². The number of ether oxygens (including phenoxy) is 1. The van der Waals surface area contributed by atoms with Gasteiger partial charge < -0.3 is 10.1 Å². The van der Waals surface area contributed by atoms with Gasteiger partial charge in [0, 0.05) is 19.8 Å². The second-order valence-electron chi connectivity index (χ2n) is 4.80. The van der Waals surface area contributed by atoms with Crippen molar-refractivity contribution < 1.29 is 13.2 Å². The molecule has 2 N–H and O–H groups in total. The first-order valence-corrected chi connectivity index (χ1v) is 8.40. The van der Waals surface area contributed by atoms with Gasteiger partial charge in [-0.25, -0.2) is 4.98 Å². The van der Waals surface area contributed by atoms with E-state index < -0.39 is 10.2 Å². The number of benzene rings is 1. The molecule has 1 heterocycles. The van der Waals surface area contributed by atoms with E-state index in [1.165, 1.54) is 20.3 Å². The summed E-state index contributed by atoms with van der Waals surface area (Å²) in [7, 11) is 0.853. The SMILES string of the molecule is COc1ccc(Nc2ccc(NS(=O)(=O)N(C)C)nc2)cc1Cl. The van der Waals surface area contributed by atoms with Gasteiger partial charge in [-0.05, 0) is 30.3 Å². The summed E-state index contributed by atoms with van der Waals surface area (Å²) >= 11 is 6.06. The number of aromatic nitrogens is 1. The molecule has 1 aromatic heterocycles. The average molecular weight is 357 g/mol. The van der Waals surface area contributed by atoms with Crippen LogP contribution in [-0.4, -0.2) is 38.9 Å². The third-order valence-electron chi connectivity index (χ3n) is 2.92. The largest absolute Gasteiger partial charge is 0.495 e. The highest BCUT2D eigenvalue weighted by molar-refractivity contribution is 7.90. The zero-order valence-corrected chi connectivity index (χ0v) is 14.4. The number of nitrogens with one attached hydrogen (secondary N) is 2. The van der Waals surface area contributed by atoms with E-state index in [0.29, 0.717) is 16.5 Å². The van der Waals surface area contributed by atoms with Crippen LogP contribution in [0.3, 0.4) is 0 Å². The minimum atomic E-state index is -3.57. The van der Waals surface area contributed by atoms with Crippen LogP contribution in [0.2, 0.25) is 5.02 Å². The number of methoxy groups -OCH3 is 1. The van der Waals surface area contributed by atoms with E-state index in [1.807, 2.05) is 6.07 Å². The predicted octanol–water partition coefficient (Wildman–Crippen LogP) is 2.71. The van der Waals surface area contributed by atoms with Crippen LogP contribution in [0.5, 0.6) is 5.75 Å². The monoisotopic (exact) mass is 356 g/mol. The summed E-state index contributed by atoms with van der Waals surface area (Å²) in [5, 5.41) is 3.61. The summed E-state index contributed by atoms with van der Waals surface area (Å²) in [5.74, 6) is 0.820. The first-order chi connectivity index (χ1) is 10.8. The Kier molecular flexibility index (Phi) is 5.30. The zero-order chi connectivity index (χ0) is 17.0. The van der Waals surface area contributed by atoms with Gasteiger partial charge in [0.25, 0.3) is 0 Å². The van der Waals surface area contributed by atoms with Gasteiger partial charge in [-0.1, -0.05) is 11.6 Å². The van der Waals surface area contributed by atoms with Crippen molar-refractivity contribution in [1.29, 1.82) is 0 Å². The lowest BCUT2D eigenvalue weighted by Crippen LogP contribution is -2.29. The number of pyridine rings is 1. The van der Waals surface area contributed by atoms with Crippen molar-refractivity contribution in [2.75, 3.05) is 31.2 Å². The number of anilines is 3. The minimum absolute atomic E-state index is 0.233. The molecule has 0 aliphatic heterocycles. The molecule has 0 unspecified atom stereocenters. The Morgan fingerprint density at radius 2 is 1.87 bits per heavy atom. The summed E-state index contributed by atoms with van der Waals surface area (Å²) in [4.78, 5) is 4.06. The van der Waals surface area contributed by atoms with Crippen LogP contribution in [0, 0.1) is 0 Å². The lowest BCUT2D eigenvalue weighted by molar-refractivity contribution is 0.415. The van der Waals surface area contributed by atoms with E-state index in [9.17, 15) is 8.42 Å². The molecule has 0 fully saturated rings. The van der Waals surface area contributed by atoms with Crippen LogP contribution >= 0.6 is 11.6 Å². The maximum atomic E-state index is 11.7. The lowest BCUT2D eigenvalue weighted by atomic mass is 10.3. The molecule has 2 rings (SSSR count). The highest BCUT2D eigenvalue weighted by Gasteiger charge is 2.13. The van der Waals surface area contributed by atoms with E-state index in [-0.39, 0.29) is 5.82 Å². The van der Waals surface area contributed by atoms with Crippen molar-refractivity contribution in [3.8, 4) is 5.75 Å². The Hall–Kier alpha value is -2.03. The molecule has 0 atom stereocenters. The predicted molar refractivity (Wildman–Crippen MR) is 91.8 cm³/mol. The molecule has 23 heavy (non-hydrogen) atoms. The second kappa shape index (κ2) is 7.03. The first kappa shape index (κ1) is 17.3. The third kappa shape index (κ3) is 4.47. The number of halogens is 1. The quantitative estimate of drug-likeness (QED) is 0.831. The molecule has 124 valence electrons. The lowest BCUT2D eigenvalue weighted by Gasteiger charge is -2.13. The maximum Gasteiger partial charge on any atom is 0.302 e. The van der Waals surface area contributed by atoms with Crippen molar-refractivity contribution in [3.05, 3.63) is 41.6 Å². The maximum absolute atomic E-state index is 11.7.